The number of rotatable bonds is 7. The van der Waals surface area contributed by atoms with Crippen molar-refractivity contribution in [1.82, 2.24) is 0 Å². The lowest BCUT2D eigenvalue weighted by Crippen LogP contribution is -2.35. The van der Waals surface area contributed by atoms with Gasteiger partial charge < -0.3 is 4.21 Å². The third kappa shape index (κ3) is 3.52. The molecule has 0 spiro atoms. The molecule has 0 rings (SSSR count). The van der Waals surface area contributed by atoms with E-state index in [0.29, 0.717) is 12.3 Å². The van der Waals surface area contributed by atoms with Gasteiger partial charge >= 0.3 is 0 Å². The van der Waals surface area contributed by atoms with E-state index < -0.39 is 15.7 Å². The zero-order valence-electron chi connectivity index (χ0n) is 10.3. The smallest absolute Gasteiger partial charge is 0.200 e. The van der Waals surface area contributed by atoms with Crippen molar-refractivity contribution >= 4 is 15.7 Å². The van der Waals surface area contributed by atoms with E-state index in [9.17, 15) is 4.57 Å². The Bertz CT molecular complexity index is 186. The molecule has 0 heterocycles. The molecule has 0 saturated carbocycles. The van der Waals surface area contributed by atoms with E-state index in [1.165, 1.54) is 0 Å². The Morgan fingerprint density at radius 1 is 0.929 bits per heavy atom. The summed E-state index contributed by atoms with van der Waals surface area (Å²) in [5.41, 5.74) is 0. The third-order valence-electron chi connectivity index (χ3n) is 3.26. The second-order valence-corrected chi connectivity index (χ2v) is 11.9. The largest absolute Gasteiger partial charge is 0.369 e. The fourth-order valence-electron chi connectivity index (χ4n) is 1.65. The average molecular weight is 236 g/mol. The molecular formula is C10H25O2PSi. The quantitative estimate of drug-likeness (QED) is 0.486. The Labute approximate surface area is 90.0 Å². The summed E-state index contributed by atoms with van der Waals surface area (Å²) in [6.07, 6.45) is 1.39. The van der Waals surface area contributed by atoms with Crippen LogP contribution in [0.25, 0.3) is 0 Å². The molecule has 0 unspecified atom stereocenters. The van der Waals surface area contributed by atoms with Crippen molar-refractivity contribution in [1.29, 1.82) is 0 Å². The molecule has 0 radical (unpaired) electrons. The van der Waals surface area contributed by atoms with Crippen LogP contribution in [0, 0.1) is 0 Å². The number of hydrogen-bond donors (Lipinski definition) is 0. The van der Waals surface area contributed by atoms with E-state index in [-0.39, 0.29) is 0 Å². The van der Waals surface area contributed by atoms with E-state index >= 15 is 0 Å². The molecule has 0 N–H and O–H groups in total. The van der Waals surface area contributed by atoms with Crippen LogP contribution in [0.3, 0.4) is 0 Å². The maximum Gasteiger partial charge on any atom is 0.200 e. The lowest BCUT2D eigenvalue weighted by Gasteiger charge is -2.32. The molecule has 0 bridgehead atoms. The standard InChI is InChI=1S/C10H25O2PSi/c1-6-13(11,7-2)12-14(8-3,9-4)10-5/h6-10H2,1-5H3. The highest BCUT2D eigenvalue weighted by Gasteiger charge is 2.35. The van der Waals surface area contributed by atoms with Crippen LogP contribution >= 0.6 is 7.37 Å². The van der Waals surface area contributed by atoms with E-state index in [2.05, 4.69) is 20.8 Å². The van der Waals surface area contributed by atoms with E-state index in [0.717, 1.165) is 18.1 Å². The zero-order valence-corrected chi connectivity index (χ0v) is 12.2. The summed E-state index contributed by atoms with van der Waals surface area (Å²) in [5.74, 6) is 0. The zero-order chi connectivity index (χ0) is 11.2. The second-order valence-electron chi connectivity index (χ2n) is 3.78. The summed E-state index contributed by atoms with van der Waals surface area (Å²) in [5, 5.41) is 0. The minimum Gasteiger partial charge on any atom is -0.369 e. The molecule has 2 nitrogen and oxygen atoms in total. The van der Waals surface area contributed by atoms with Crippen molar-refractivity contribution in [2.24, 2.45) is 0 Å². The monoisotopic (exact) mass is 236 g/mol. The van der Waals surface area contributed by atoms with Gasteiger partial charge in [-0.2, -0.15) is 0 Å². The van der Waals surface area contributed by atoms with Crippen molar-refractivity contribution in [3.05, 3.63) is 0 Å². The molecule has 0 amide bonds. The van der Waals surface area contributed by atoms with Crippen LogP contribution in [0.4, 0.5) is 0 Å². The Balaban J connectivity index is 4.65. The van der Waals surface area contributed by atoms with Gasteiger partial charge in [-0.3, -0.25) is 4.57 Å². The van der Waals surface area contributed by atoms with Gasteiger partial charge in [-0.05, 0) is 18.1 Å². The van der Waals surface area contributed by atoms with E-state index in [1.54, 1.807) is 0 Å². The van der Waals surface area contributed by atoms with Gasteiger partial charge in [0, 0.05) is 12.3 Å². The molecule has 0 aromatic carbocycles. The summed E-state index contributed by atoms with van der Waals surface area (Å²) in [6, 6.07) is 3.26. The van der Waals surface area contributed by atoms with Gasteiger partial charge in [0.05, 0.1) is 0 Å². The third-order valence-corrected chi connectivity index (χ3v) is 11.9. The Morgan fingerprint density at radius 2 is 1.29 bits per heavy atom. The van der Waals surface area contributed by atoms with Crippen LogP contribution in [0.15, 0.2) is 0 Å². The van der Waals surface area contributed by atoms with Gasteiger partial charge in [-0.15, -0.1) is 0 Å². The summed E-state index contributed by atoms with van der Waals surface area (Å²) >= 11 is 0. The summed E-state index contributed by atoms with van der Waals surface area (Å²) in [4.78, 5) is 0. The Hall–Kier alpha value is 0.407. The molecular weight excluding hydrogens is 211 g/mol. The van der Waals surface area contributed by atoms with Crippen molar-refractivity contribution < 1.29 is 8.78 Å². The first-order valence-electron chi connectivity index (χ1n) is 5.80. The average Bonchev–Trinajstić information content (AvgIpc) is 2.26. The van der Waals surface area contributed by atoms with Crippen LogP contribution in [-0.4, -0.2) is 20.6 Å². The van der Waals surface area contributed by atoms with E-state index in [4.69, 9.17) is 4.21 Å². The molecule has 0 aliphatic carbocycles. The van der Waals surface area contributed by atoms with Crippen LogP contribution in [0.2, 0.25) is 18.1 Å². The van der Waals surface area contributed by atoms with Crippen LogP contribution in [0.5, 0.6) is 0 Å². The van der Waals surface area contributed by atoms with Crippen molar-refractivity contribution in [3.8, 4) is 0 Å². The minimum atomic E-state index is -2.29. The van der Waals surface area contributed by atoms with Crippen LogP contribution in [0.1, 0.15) is 34.6 Å². The predicted molar refractivity (Wildman–Crippen MR) is 67.0 cm³/mol. The maximum absolute atomic E-state index is 12.3. The molecule has 0 saturated heterocycles. The number of hydrogen-bond acceptors (Lipinski definition) is 2. The van der Waals surface area contributed by atoms with Crippen LogP contribution in [-0.2, 0) is 8.78 Å². The first kappa shape index (κ1) is 14.4. The van der Waals surface area contributed by atoms with Gasteiger partial charge in [0.2, 0.25) is 8.32 Å². The molecule has 86 valence electrons. The highest BCUT2D eigenvalue weighted by atomic mass is 31.2. The van der Waals surface area contributed by atoms with Gasteiger partial charge in [0.1, 0.15) is 0 Å². The summed E-state index contributed by atoms with van der Waals surface area (Å²) in [7, 11) is -3.95. The normalized spacial score (nSPS) is 13.2. The minimum absolute atomic E-state index is 0.693. The highest BCUT2D eigenvalue weighted by molar-refractivity contribution is 7.60. The van der Waals surface area contributed by atoms with Crippen molar-refractivity contribution in [3.63, 3.8) is 0 Å². The predicted octanol–water partition coefficient (Wildman–Crippen LogP) is 4.33. The Morgan fingerprint density at radius 3 is 1.50 bits per heavy atom. The highest BCUT2D eigenvalue weighted by Crippen LogP contribution is 2.50. The molecule has 4 heteroatoms. The fraction of sp³-hybridized carbons (Fsp3) is 1.00. The topological polar surface area (TPSA) is 26.3 Å². The molecule has 0 aromatic heterocycles. The SMILES string of the molecule is CC[Si](CC)(CC)OP(=O)(CC)CC. The fourth-order valence-corrected chi connectivity index (χ4v) is 9.00. The van der Waals surface area contributed by atoms with Gasteiger partial charge in [0.25, 0.3) is 0 Å². The first-order valence-corrected chi connectivity index (χ1v) is 10.3. The van der Waals surface area contributed by atoms with Gasteiger partial charge in [-0.1, -0.05) is 34.6 Å². The van der Waals surface area contributed by atoms with Gasteiger partial charge in [0.15, 0.2) is 7.37 Å². The molecule has 0 aliphatic heterocycles. The molecule has 0 atom stereocenters. The summed E-state index contributed by atoms with van der Waals surface area (Å²) < 4.78 is 18.3. The Kier molecular flexibility index (Phi) is 6.27. The van der Waals surface area contributed by atoms with Crippen LogP contribution < -0.4 is 0 Å². The molecule has 0 aliphatic rings. The lowest BCUT2D eigenvalue weighted by molar-refractivity contribution is 0.473. The molecule has 0 fully saturated rings. The van der Waals surface area contributed by atoms with Gasteiger partial charge in [-0.25, -0.2) is 0 Å². The second kappa shape index (κ2) is 6.09. The summed E-state index contributed by atoms with van der Waals surface area (Å²) in [6.45, 7) is 10.5. The lowest BCUT2D eigenvalue weighted by atomic mass is 10.9. The van der Waals surface area contributed by atoms with E-state index in [1.807, 2.05) is 13.8 Å². The van der Waals surface area contributed by atoms with Crippen molar-refractivity contribution in [2.75, 3.05) is 12.3 Å². The van der Waals surface area contributed by atoms with Crippen molar-refractivity contribution in [2.45, 2.75) is 52.8 Å². The molecule has 0 aromatic rings. The molecule has 14 heavy (non-hydrogen) atoms. The first-order chi connectivity index (χ1) is 6.51. The maximum atomic E-state index is 12.3.